The molecule has 0 spiro atoms. The predicted molar refractivity (Wildman–Crippen MR) is 162 cm³/mol. The molecule has 4 unspecified atom stereocenters. The number of hydrogen-bond acceptors (Lipinski definition) is 3. The maximum atomic E-state index is 12.1. The minimum atomic E-state index is -0.805. The maximum Gasteiger partial charge on any atom is 0.119 e. The van der Waals surface area contributed by atoms with E-state index < -0.39 is 5.60 Å². The van der Waals surface area contributed by atoms with E-state index in [2.05, 4.69) is 83.0 Å². The van der Waals surface area contributed by atoms with Crippen molar-refractivity contribution >= 4 is 0 Å². The van der Waals surface area contributed by atoms with E-state index in [0.717, 1.165) is 50.1 Å². The first-order valence-electron chi connectivity index (χ1n) is 15.5. The van der Waals surface area contributed by atoms with Crippen LogP contribution >= 0.6 is 0 Å². The molecule has 5 atom stereocenters. The summed E-state index contributed by atoms with van der Waals surface area (Å²) in [6.45, 7) is 15.9. The number of rotatable bonds is 8. The number of phenols is 1. The van der Waals surface area contributed by atoms with Crippen LogP contribution in [0.15, 0.2) is 42.5 Å². The molecule has 0 amide bonds. The Bertz CT molecular complexity index is 1010. The standard InChI is InChI=1S/C28H39NO2.C5H10.C2H6/c1-6-15-28-23(24(7-2)29(5)18-20-11-9-8-10-12-20)17-22-25(30)14-13-21(26(22)28)16-19(3)27(28,4)31;1-2-5-3-4-5;1-2/h8-14,19,23-24,30-31H,6-7,15-18H2,1-5H3;5H,2-4H2,1H3;1-2H3/t19?,23-,24?,27?,28?;;/m0../s1. The Balaban J connectivity index is 0.000000504. The number of benzene rings is 2. The van der Waals surface area contributed by atoms with Crippen molar-refractivity contribution in [3.05, 3.63) is 64.7 Å². The van der Waals surface area contributed by atoms with Crippen LogP contribution in [0, 0.1) is 17.8 Å². The van der Waals surface area contributed by atoms with E-state index in [4.69, 9.17) is 0 Å². The van der Waals surface area contributed by atoms with E-state index in [1.807, 2.05) is 19.9 Å². The zero-order valence-corrected chi connectivity index (χ0v) is 25.6. The van der Waals surface area contributed by atoms with Crippen LogP contribution in [0.3, 0.4) is 0 Å². The van der Waals surface area contributed by atoms with Gasteiger partial charge in [-0.3, -0.25) is 4.90 Å². The normalized spacial score (nSPS) is 28.1. The van der Waals surface area contributed by atoms with Gasteiger partial charge in [0.2, 0.25) is 0 Å². The fourth-order valence-electron chi connectivity index (χ4n) is 7.63. The zero-order chi connectivity index (χ0) is 28.1. The monoisotopic (exact) mass is 521 g/mol. The molecule has 1 fully saturated rings. The minimum absolute atomic E-state index is 0.182. The quantitative estimate of drug-likeness (QED) is 0.367. The highest BCUT2D eigenvalue weighted by atomic mass is 16.3. The summed E-state index contributed by atoms with van der Waals surface area (Å²) in [5.74, 6) is 2.00. The van der Waals surface area contributed by atoms with Crippen molar-refractivity contribution in [1.29, 1.82) is 0 Å². The molecule has 3 heteroatoms. The molecule has 3 aliphatic rings. The summed E-state index contributed by atoms with van der Waals surface area (Å²) in [5.41, 5.74) is 3.89. The van der Waals surface area contributed by atoms with Crippen LogP contribution in [0.4, 0.5) is 0 Å². The second kappa shape index (κ2) is 13.0. The summed E-state index contributed by atoms with van der Waals surface area (Å²) in [6.07, 6.45) is 9.15. The van der Waals surface area contributed by atoms with E-state index in [9.17, 15) is 10.2 Å². The molecule has 3 nitrogen and oxygen atoms in total. The van der Waals surface area contributed by atoms with Crippen LogP contribution in [-0.2, 0) is 24.8 Å². The SMILES string of the molecule is CC.CCC1CC1.CCCC12c3c(ccc(O)c3C[C@H]1C(CC)N(C)Cc1ccccc1)CC(C)C2(C)O. The van der Waals surface area contributed by atoms with Gasteiger partial charge < -0.3 is 10.2 Å². The third-order valence-corrected chi connectivity index (χ3v) is 9.91. The van der Waals surface area contributed by atoms with Gasteiger partial charge in [-0.15, -0.1) is 0 Å². The van der Waals surface area contributed by atoms with E-state index >= 15 is 0 Å². The zero-order valence-electron chi connectivity index (χ0n) is 25.6. The summed E-state index contributed by atoms with van der Waals surface area (Å²) in [7, 11) is 2.23. The van der Waals surface area contributed by atoms with Crippen LogP contribution in [0.2, 0.25) is 0 Å². The summed E-state index contributed by atoms with van der Waals surface area (Å²) in [6, 6.07) is 15.0. The van der Waals surface area contributed by atoms with Gasteiger partial charge in [0.05, 0.1) is 5.60 Å². The van der Waals surface area contributed by atoms with Crippen LogP contribution < -0.4 is 0 Å². The second-order valence-corrected chi connectivity index (χ2v) is 12.1. The summed E-state index contributed by atoms with van der Waals surface area (Å²) >= 11 is 0. The fourth-order valence-corrected chi connectivity index (χ4v) is 7.63. The Hall–Kier alpha value is -1.84. The molecule has 0 saturated heterocycles. The third kappa shape index (κ3) is 5.70. The average molecular weight is 522 g/mol. The van der Waals surface area contributed by atoms with Gasteiger partial charge in [0.1, 0.15) is 5.75 Å². The lowest BCUT2D eigenvalue weighted by atomic mass is 9.52. The molecule has 1 saturated carbocycles. The molecule has 5 rings (SSSR count). The van der Waals surface area contributed by atoms with Crippen molar-refractivity contribution in [3.63, 3.8) is 0 Å². The van der Waals surface area contributed by atoms with E-state index in [-0.39, 0.29) is 17.3 Å². The van der Waals surface area contributed by atoms with Crippen molar-refractivity contribution < 1.29 is 10.2 Å². The van der Waals surface area contributed by atoms with Gasteiger partial charge in [-0.05, 0) is 85.7 Å². The number of hydrogen-bond donors (Lipinski definition) is 2. The Morgan fingerprint density at radius 2 is 1.66 bits per heavy atom. The number of aliphatic hydroxyl groups is 1. The Labute approximate surface area is 233 Å². The van der Waals surface area contributed by atoms with Crippen LogP contribution in [0.5, 0.6) is 5.75 Å². The van der Waals surface area contributed by atoms with Gasteiger partial charge in [-0.2, -0.15) is 0 Å². The maximum absolute atomic E-state index is 12.1. The highest BCUT2D eigenvalue weighted by Crippen LogP contribution is 2.62. The molecule has 3 aliphatic carbocycles. The summed E-state index contributed by atoms with van der Waals surface area (Å²) < 4.78 is 0. The van der Waals surface area contributed by atoms with Crippen LogP contribution in [0.25, 0.3) is 0 Å². The minimum Gasteiger partial charge on any atom is -0.508 e. The summed E-state index contributed by atoms with van der Waals surface area (Å²) in [4.78, 5) is 2.48. The molecule has 0 aromatic heterocycles. The lowest BCUT2D eigenvalue weighted by Crippen LogP contribution is -2.62. The van der Waals surface area contributed by atoms with Crippen molar-refractivity contribution in [2.45, 2.75) is 123 Å². The van der Waals surface area contributed by atoms with Gasteiger partial charge in [-0.25, -0.2) is 0 Å². The highest BCUT2D eigenvalue weighted by Gasteiger charge is 2.63. The van der Waals surface area contributed by atoms with Gasteiger partial charge in [0, 0.05) is 18.0 Å². The number of nitrogens with zero attached hydrogens (tertiary/aromatic N) is 1. The second-order valence-electron chi connectivity index (χ2n) is 12.1. The van der Waals surface area contributed by atoms with E-state index in [1.54, 1.807) is 0 Å². The average Bonchev–Trinajstić information content (AvgIpc) is 3.69. The first-order valence-corrected chi connectivity index (χ1v) is 15.5. The van der Waals surface area contributed by atoms with Gasteiger partial charge in [0.25, 0.3) is 0 Å². The first kappa shape index (κ1) is 30.7. The molecule has 38 heavy (non-hydrogen) atoms. The molecule has 0 aliphatic heterocycles. The molecule has 0 heterocycles. The van der Waals surface area contributed by atoms with Crippen LogP contribution in [-0.4, -0.2) is 33.8 Å². The number of phenolic OH excluding ortho intramolecular Hbond substituents is 1. The number of aromatic hydroxyl groups is 1. The summed E-state index contributed by atoms with van der Waals surface area (Å²) in [5, 5.41) is 23.0. The molecular weight excluding hydrogens is 466 g/mol. The Kier molecular flexibility index (Phi) is 10.5. The van der Waals surface area contributed by atoms with E-state index in [0.29, 0.717) is 11.8 Å². The molecule has 0 radical (unpaired) electrons. The largest absolute Gasteiger partial charge is 0.508 e. The molecular formula is C35H55NO2. The molecule has 2 aromatic rings. The van der Waals surface area contributed by atoms with Crippen molar-refractivity contribution in [2.24, 2.45) is 17.8 Å². The lowest BCUT2D eigenvalue weighted by molar-refractivity contribution is -0.111. The Morgan fingerprint density at radius 3 is 2.18 bits per heavy atom. The fraction of sp³-hybridized carbons (Fsp3) is 0.657. The van der Waals surface area contributed by atoms with Crippen molar-refractivity contribution in [3.8, 4) is 5.75 Å². The highest BCUT2D eigenvalue weighted by molar-refractivity contribution is 5.57. The predicted octanol–water partition coefficient (Wildman–Crippen LogP) is 8.29. The van der Waals surface area contributed by atoms with Gasteiger partial charge in [-0.1, -0.05) is 104 Å². The van der Waals surface area contributed by atoms with Crippen LogP contribution in [0.1, 0.15) is 109 Å². The molecule has 212 valence electrons. The Morgan fingerprint density at radius 1 is 1.00 bits per heavy atom. The van der Waals surface area contributed by atoms with Crippen molar-refractivity contribution in [2.75, 3.05) is 7.05 Å². The molecule has 0 bridgehead atoms. The topological polar surface area (TPSA) is 43.7 Å². The molecule has 2 N–H and O–H groups in total. The third-order valence-electron chi connectivity index (χ3n) is 9.91. The smallest absolute Gasteiger partial charge is 0.119 e. The van der Waals surface area contributed by atoms with Gasteiger partial charge >= 0.3 is 0 Å². The van der Waals surface area contributed by atoms with E-state index in [1.165, 1.54) is 36.0 Å². The van der Waals surface area contributed by atoms with Crippen molar-refractivity contribution in [1.82, 2.24) is 4.90 Å². The van der Waals surface area contributed by atoms with Gasteiger partial charge in [0.15, 0.2) is 0 Å². The lowest BCUT2D eigenvalue weighted by Gasteiger charge is -2.56. The first-order chi connectivity index (χ1) is 18.2. The molecule has 2 aromatic carbocycles.